The third-order valence-corrected chi connectivity index (χ3v) is 4.84. The van der Waals surface area contributed by atoms with Gasteiger partial charge < -0.3 is 19.1 Å². The summed E-state index contributed by atoms with van der Waals surface area (Å²) in [6.45, 7) is 5.99. The minimum atomic E-state index is -0.840. The zero-order valence-corrected chi connectivity index (χ0v) is 15.2. The molecule has 1 aromatic rings. The first kappa shape index (κ1) is 17.9. The van der Waals surface area contributed by atoms with E-state index in [-0.39, 0.29) is 16.5 Å². The molecule has 1 fully saturated rings. The molecule has 2 aliphatic rings. The van der Waals surface area contributed by atoms with E-state index >= 15 is 0 Å². The topological polar surface area (TPSA) is 65.1 Å². The monoisotopic (exact) mass is 367 g/mol. The maximum absolute atomic E-state index is 12.4. The van der Waals surface area contributed by atoms with Crippen LogP contribution in [0, 0.1) is 5.92 Å². The minimum absolute atomic E-state index is 0.163. The zero-order chi connectivity index (χ0) is 18.0. The number of carbonyl (C=O) groups is 2. The Bertz CT molecular complexity index is 670. The van der Waals surface area contributed by atoms with Crippen LogP contribution in [0.2, 0.25) is 5.02 Å². The molecule has 1 amide bonds. The summed E-state index contributed by atoms with van der Waals surface area (Å²) in [5.74, 6) is 0.696. The van der Waals surface area contributed by atoms with Crippen LogP contribution in [0.1, 0.15) is 37.0 Å². The molecule has 1 saturated heterocycles. The number of benzene rings is 1. The summed E-state index contributed by atoms with van der Waals surface area (Å²) >= 11 is 6.14. The number of piperidine rings is 1. The molecule has 3 rings (SSSR count). The summed E-state index contributed by atoms with van der Waals surface area (Å²) in [4.78, 5) is 26.6. The number of esters is 1. The lowest BCUT2D eigenvalue weighted by molar-refractivity contribution is -0.141. The van der Waals surface area contributed by atoms with Crippen molar-refractivity contribution in [1.82, 2.24) is 4.90 Å². The average molecular weight is 368 g/mol. The summed E-state index contributed by atoms with van der Waals surface area (Å²) in [7, 11) is 0. The number of ether oxygens (including phenoxy) is 3. The number of carbonyl (C=O) groups excluding carboxylic acids is 2. The number of rotatable bonds is 3. The minimum Gasteiger partial charge on any atom is -0.486 e. The van der Waals surface area contributed by atoms with Gasteiger partial charge in [-0.3, -0.25) is 4.79 Å². The summed E-state index contributed by atoms with van der Waals surface area (Å²) in [5.41, 5.74) is 0.237. The molecule has 0 radical (unpaired) electrons. The van der Waals surface area contributed by atoms with Crippen molar-refractivity contribution in [2.75, 3.05) is 26.3 Å². The molecule has 1 unspecified atom stereocenters. The summed E-state index contributed by atoms with van der Waals surface area (Å²) in [6, 6.07) is 3.00. The Morgan fingerprint density at radius 2 is 1.92 bits per heavy atom. The van der Waals surface area contributed by atoms with E-state index in [9.17, 15) is 9.59 Å². The van der Waals surface area contributed by atoms with Gasteiger partial charge in [0.25, 0.3) is 5.91 Å². The highest BCUT2D eigenvalue weighted by Gasteiger charge is 2.28. The van der Waals surface area contributed by atoms with Gasteiger partial charge in [-0.15, -0.1) is 0 Å². The number of fused-ring (bicyclic) bond motifs is 1. The van der Waals surface area contributed by atoms with Gasteiger partial charge >= 0.3 is 5.97 Å². The van der Waals surface area contributed by atoms with Crippen LogP contribution in [-0.2, 0) is 9.53 Å². The molecule has 1 aromatic carbocycles. The van der Waals surface area contributed by atoms with Crippen LogP contribution in [0.25, 0.3) is 0 Å². The molecule has 0 aliphatic carbocycles. The van der Waals surface area contributed by atoms with Gasteiger partial charge in [0.1, 0.15) is 13.2 Å². The molecule has 2 heterocycles. The second-order valence-electron chi connectivity index (χ2n) is 6.54. The van der Waals surface area contributed by atoms with Gasteiger partial charge in [-0.05, 0) is 37.8 Å². The average Bonchev–Trinajstić information content (AvgIpc) is 2.61. The van der Waals surface area contributed by atoms with Crippen molar-refractivity contribution in [1.29, 1.82) is 0 Å². The maximum atomic E-state index is 12.4. The molecule has 136 valence electrons. The molecule has 7 heteroatoms. The molecule has 25 heavy (non-hydrogen) atoms. The van der Waals surface area contributed by atoms with Crippen LogP contribution in [0.5, 0.6) is 11.5 Å². The van der Waals surface area contributed by atoms with Crippen LogP contribution >= 0.6 is 11.6 Å². The van der Waals surface area contributed by atoms with E-state index in [2.05, 4.69) is 6.92 Å². The molecule has 2 aliphatic heterocycles. The third kappa shape index (κ3) is 4.00. The molecule has 0 saturated carbocycles. The van der Waals surface area contributed by atoms with Crippen molar-refractivity contribution in [3.8, 4) is 11.5 Å². The van der Waals surface area contributed by atoms with Crippen LogP contribution in [0.4, 0.5) is 0 Å². The third-order valence-electron chi connectivity index (χ3n) is 4.56. The molecule has 0 aromatic heterocycles. The van der Waals surface area contributed by atoms with E-state index in [0.29, 0.717) is 43.7 Å². The normalized spacial score (nSPS) is 18.6. The SMILES string of the molecule is CC1CCN(C(=O)C(C)OC(=O)c2cc(Cl)c3c(c2)OCCO3)CC1. The number of halogens is 1. The highest BCUT2D eigenvalue weighted by molar-refractivity contribution is 6.32. The van der Waals surface area contributed by atoms with Crippen molar-refractivity contribution in [3.63, 3.8) is 0 Å². The molecule has 0 spiro atoms. The largest absolute Gasteiger partial charge is 0.486 e. The highest BCUT2D eigenvalue weighted by Crippen LogP contribution is 2.38. The van der Waals surface area contributed by atoms with Crippen LogP contribution in [0.15, 0.2) is 12.1 Å². The Morgan fingerprint density at radius 1 is 1.24 bits per heavy atom. The number of likely N-dealkylation sites (tertiary alicyclic amines) is 1. The Balaban J connectivity index is 1.65. The zero-order valence-electron chi connectivity index (χ0n) is 14.4. The lowest BCUT2D eigenvalue weighted by Gasteiger charge is -2.31. The highest BCUT2D eigenvalue weighted by atomic mass is 35.5. The summed E-state index contributed by atoms with van der Waals surface area (Å²) < 4.78 is 16.2. The molecule has 6 nitrogen and oxygen atoms in total. The molecular weight excluding hydrogens is 346 g/mol. The van der Waals surface area contributed by atoms with Crippen LogP contribution in [0.3, 0.4) is 0 Å². The van der Waals surface area contributed by atoms with E-state index in [1.54, 1.807) is 11.8 Å². The quantitative estimate of drug-likeness (QED) is 0.768. The smallest absolute Gasteiger partial charge is 0.339 e. The molecule has 1 atom stereocenters. The number of amides is 1. The number of nitrogens with zero attached hydrogens (tertiary/aromatic N) is 1. The van der Waals surface area contributed by atoms with Gasteiger partial charge in [0.05, 0.1) is 10.6 Å². The lowest BCUT2D eigenvalue weighted by Crippen LogP contribution is -2.44. The van der Waals surface area contributed by atoms with Gasteiger partial charge in [-0.1, -0.05) is 18.5 Å². The standard InChI is InChI=1S/C18H22ClNO5/c1-11-3-5-20(6-4-11)17(21)12(2)25-18(22)13-9-14(19)16-15(10-13)23-7-8-24-16/h9-12H,3-8H2,1-2H3. The Labute approximate surface area is 152 Å². The predicted octanol–water partition coefficient (Wildman–Crippen LogP) is 2.92. The molecule has 0 bridgehead atoms. The van der Waals surface area contributed by atoms with Crippen LogP contribution < -0.4 is 9.47 Å². The fraction of sp³-hybridized carbons (Fsp3) is 0.556. The lowest BCUT2D eigenvalue weighted by atomic mass is 9.99. The Morgan fingerprint density at radius 3 is 2.64 bits per heavy atom. The van der Waals surface area contributed by atoms with Crippen molar-refractivity contribution < 1.29 is 23.8 Å². The Hall–Kier alpha value is -1.95. The van der Waals surface area contributed by atoms with E-state index in [0.717, 1.165) is 12.8 Å². The van der Waals surface area contributed by atoms with Gasteiger partial charge in [0.15, 0.2) is 17.6 Å². The van der Waals surface area contributed by atoms with Crippen molar-refractivity contribution in [2.24, 2.45) is 5.92 Å². The van der Waals surface area contributed by atoms with E-state index in [1.807, 2.05) is 0 Å². The van der Waals surface area contributed by atoms with Gasteiger partial charge in [-0.25, -0.2) is 4.79 Å². The van der Waals surface area contributed by atoms with Gasteiger partial charge in [0, 0.05) is 13.1 Å². The van der Waals surface area contributed by atoms with E-state index in [1.165, 1.54) is 12.1 Å². The summed E-state index contributed by atoms with van der Waals surface area (Å²) in [5, 5.41) is 0.285. The van der Waals surface area contributed by atoms with Gasteiger partial charge in [0.2, 0.25) is 0 Å². The summed E-state index contributed by atoms with van der Waals surface area (Å²) in [6.07, 6.45) is 1.11. The van der Waals surface area contributed by atoms with Crippen molar-refractivity contribution in [2.45, 2.75) is 32.8 Å². The second-order valence-corrected chi connectivity index (χ2v) is 6.94. The fourth-order valence-corrected chi connectivity index (χ4v) is 3.26. The number of hydrogen-bond donors (Lipinski definition) is 0. The fourth-order valence-electron chi connectivity index (χ4n) is 2.99. The predicted molar refractivity (Wildman–Crippen MR) is 92.3 cm³/mol. The van der Waals surface area contributed by atoms with E-state index in [4.69, 9.17) is 25.8 Å². The Kier molecular flexibility index (Phi) is 5.37. The first-order chi connectivity index (χ1) is 12.0. The second kappa shape index (κ2) is 7.52. The van der Waals surface area contributed by atoms with Gasteiger partial charge in [-0.2, -0.15) is 0 Å². The first-order valence-corrected chi connectivity index (χ1v) is 8.92. The van der Waals surface area contributed by atoms with E-state index < -0.39 is 12.1 Å². The van der Waals surface area contributed by atoms with Crippen molar-refractivity contribution >= 4 is 23.5 Å². The molecule has 0 N–H and O–H groups in total. The first-order valence-electron chi connectivity index (χ1n) is 8.54. The number of hydrogen-bond acceptors (Lipinski definition) is 5. The molecular formula is C18H22ClNO5. The van der Waals surface area contributed by atoms with Crippen LogP contribution in [-0.4, -0.2) is 49.2 Å². The van der Waals surface area contributed by atoms with Crippen molar-refractivity contribution in [3.05, 3.63) is 22.7 Å². The maximum Gasteiger partial charge on any atom is 0.339 e.